The van der Waals surface area contributed by atoms with Gasteiger partial charge in [0.1, 0.15) is 0 Å². The standard InChI is InChI=1S/C14H18O/c1-2-4-12-6-8-13(9-7-12)14-5-3-10-15-11-14/h6-9,11H,2-5,10H2,1H3. The Labute approximate surface area is 91.8 Å². The van der Waals surface area contributed by atoms with Crippen LogP contribution >= 0.6 is 0 Å². The SMILES string of the molecule is CCCc1ccc(C2=COCCC2)cc1. The number of hydrogen-bond acceptors (Lipinski definition) is 1. The summed E-state index contributed by atoms with van der Waals surface area (Å²) in [6, 6.07) is 8.89. The molecule has 2 rings (SSSR count). The highest BCUT2D eigenvalue weighted by Crippen LogP contribution is 2.23. The zero-order valence-corrected chi connectivity index (χ0v) is 9.33. The molecule has 0 unspecified atom stereocenters. The van der Waals surface area contributed by atoms with Crippen LogP contribution in [-0.2, 0) is 11.2 Å². The maximum absolute atomic E-state index is 5.35. The first-order valence-corrected chi connectivity index (χ1v) is 5.80. The Morgan fingerprint density at radius 2 is 2.00 bits per heavy atom. The van der Waals surface area contributed by atoms with Crippen molar-refractivity contribution >= 4 is 5.57 Å². The molecule has 15 heavy (non-hydrogen) atoms. The van der Waals surface area contributed by atoms with Gasteiger partial charge in [0, 0.05) is 0 Å². The second-order valence-corrected chi connectivity index (χ2v) is 4.06. The van der Waals surface area contributed by atoms with Gasteiger partial charge in [-0.05, 0) is 36.0 Å². The minimum Gasteiger partial charge on any atom is -0.501 e. The summed E-state index contributed by atoms with van der Waals surface area (Å²) in [5.74, 6) is 0. The van der Waals surface area contributed by atoms with Crippen LogP contribution in [0.3, 0.4) is 0 Å². The van der Waals surface area contributed by atoms with E-state index in [2.05, 4.69) is 31.2 Å². The Balaban J connectivity index is 2.12. The quantitative estimate of drug-likeness (QED) is 0.724. The maximum atomic E-state index is 5.35. The van der Waals surface area contributed by atoms with E-state index in [1.54, 1.807) is 0 Å². The van der Waals surface area contributed by atoms with Gasteiger partial charge < -0.3 is 4.74 Å². The molecule has 0 fully saturated rings. The molecule has 1 nitrogen and oxygen atoms in total. The molecule has 1 heteroatoms. The number of benzene rings is 1. The van der Waals surface area contributed by atoms with Crippen molar-refractivity contribution in [3.05, 3.63) is 41.7 Å². The molecule has 80 valence electrons. The van der Waals surface area contributed by atoms with Crippen LogP contribution in [-0.4, -0.2) is 6.61 Å². The van der Waals surface area contributed by atoms with Crippen LogP contribution in [0.1, 0.15) is 37.3 Å². The first-order valence-electron chi connectivity index (χ1n) is 5.80. The lowest BCUT2D eigenvalue weighted by Gasteiger charge is -2.14. The van der Waals surface area contributed by atoms with E-state index in [0.717, 1.165) is 19.4 Å². The van der Waals surface area contributed by atoms with Gasteiger partial charge >= 0.3 is 0 Å². The summed E-state index contributed by atoms with van der Waals surface area (Å²) >= 11 is 0. The molecule has 0 atom stereocenters. The van der Waals surface area contributed by atoms with E-state index in [9.17, 15) is 0 Å². The number of allylic oxidation sites excluding steroid dienone is 1. The summed E-state index contributed by atoms with van der Waals surface area (Å²) in [5, 5.41) is 0. The predicted molar refractivity (Wildman–Crippen MR) is 63.6 cm³/mol. The molecule has 1 aliphatic rings. The van der Waals surface area contributed by atoms with Gasteiger partial charge in [-0.3, -0.25) is 0 Å². The fourth-order valence-corrected chi connectivity index (χ4v) is 1.95. The minimum absolute atomic E-state index is 0.872. The third-order valence-corrected chi connectivity index (χ3v) is 2.80. The Morgan fingerprint density at radius 3 is 2.60 bits per heavy atom. The summed E-state index contributed by atoms with van der Waals surface area (Å²) in [6.07, 6.45) is 6.59. The van der Waals surface area contributed by atoms with E-state index in [0.29, 0.717) is 0 Å². The molecular formula is C14H18O. The zero-order valence-electron chi connectivity index (χ0n) is 9.33. The smallest absolute Gasteiger partial charge is 0.0876 e. The highest BCUT2D eigenvalue weighted by Gasteiger charge is 2.06. The Hall–Kier alpha value is -1.24. The highest BCUT2D eigenvalue weighted by atomic mass is 16.5. The van der Waals surface area contributed by atoms with Crippen molar-refractivity contribution in [3.8, 4) is 0 Å². The summed E-state index contributed by atoms with van der Waals surface area (Å²) in [4.78, 5) is 0. The Bertz CT molecular complexity index is 335. The topological polar surface area (TPSA) is 9.23 Å². The van der Waals surface area contributed by atoms with Crippen molar-refractivity contribution in [1.82, 2.24) is 0 Å². The largest absolute Gasteiger partial charge is 0.501 e. The van der Waals surface area contributed by atoms with Crippen LogP contribution in [0.15, 0.2) is 30.5 Å². The van der Waals surface area contributed by atoms with E-state index in [1.165, 1.54) is 29.5 Å². The van der Waals surface area contributed by atoms with Gasteiger partial charge in [0.05, 0.1) is 12.9 Å². The summed E-state index contributed by atoms with van der Waals surface area (Å²) in [5.41, 5.74) is 4.08. The van der Waals surface area contributed by atoms with Crippen molar-refractivity contribution in [2.75, 3.05) is 6.61 Å². The van der Waals surface area contributed by atoms with Gasteiger partial charge in [0.2, 0.25) is 0 Å². The van der Waals surface area contributed by atoms with Crippen molar-refractivity contribution in [2.45, 2.75) is 32.6 Å². The van der Waals surface area contributed by atoms with Crippen LogP contribution in [0.2, 0.25) is 0 Å². The molecule has 1 heterocycles. The lowest BCUT2D eigenvalue weighted by Crippen LogP contribution is -1.98. The molecule has 1 aromatic carbocycles. The first kappa shape index (κ1) is 10.3. The number of ether oxygens (including phenoxy) is 1. The van der Waals surface area contributed by atoms with Crippen LogP contribution in [0.5, 0.6) is 0 Å². The molecule has 1 aliphatic heterocycles. The minimum atomic E-state index is 0.872. The van der Waals surface area contributed by atoms with Crippen molar-refractivity contribution < 1.29 is 4.74 Å². The fraction of sp³-hybridized carbons (Fsp3) is 0.429. The number of hydrogen-bond donors (Lipinski definition) is 0. The highest BCUT2D eigenvalue weighted by molar-refractivity contribution is 5.65. The van der Waals surface area contributed by atoms with Gasteiger partial charge in [-0.2, -0.15) is 0 Å². The average Bonchev–Trinajstić information content (AvgIpc) is 2.32. The van der Waals surface area contributed by atoms with E-state index in [-0.39, 0.29) is 0 Å². The van der Waals surface area contributed by atoms with Crippen LogP contribution in [0, 0.1) is 0 Å². The molecule has 0 aromatic heterocycles. The van der Waals surface area contributed by atoms with Crippen LogP contribution in [0.4, 0.5) is 0 Å². The van der Waals surface area contributed by atoms with Gasteiger partial charge in [0.15, 0.2) is 0 Å². The third kappa shape index (κ3) is 2.62. The Kier molecular flexibility index (Phi) is 3.44. The second-order valence-electron chi connectivity index (χ2n) is 4.06. The van der Waals surface area contributed by atoms with Gasteiger partial charge in [-0.25, -0.2) is 0 Å². The number of aryl methyl sites for hydroxylation is 1. The monoisotopic (exact) mass is 202 g/mol. The van der Waals surface area contributed by atoms with Crippen LogP contribution < -0.4 is 0 Å². The predicted octanol–water partition coefficient (Wildman–Crippen LogP) is 3.79. The van der Waals surface area contributed by atoms with Crippen LogP contribution in [0.25, 0.3) is 5.57 Å². The van der Waals surface area contributed by atoms with E-state index < -0.39 is 0 Å². The van der Waals surface area contributed by atoms with Gasteiger partial charge in [-0.15, -0.1) is 0 Å². The fourth-order valence-electron chi connectivity index (χ4n) is 1.95. The molecule has 0 amide bonds. The maximum Gasteiger partial charge on any atom is 0.0876 e. The normalized spacial score (nSPS) is 15.7. The second kappa shape index (κ2) is 5.01. The van der Waals surface area contributed by atoms with Crippen molar-refractivity contribution in [3.63, 3.8) is 0 Å². The lowest BCUT2D eigenvalue weighted by atomic mass is 9.99. The number of rotatable bonds is 3. The van der Waals surface area contributed by atoms with Gasteiger partial charge in [-0.1, -0.05) is 37.6 Å². The summed E-state index contributed by atoms with van der Waals surface area (Å²) < 4.78 is 5.35. The van der Waals surface area contributed by atoms with E-state index in [1.807, 2.05) is 6.26 Å². The molecular weight excluding hydrogens is 184 g/mol. The first-order chi connectivity index (χ1) is 7.40. The van der Waals surface area contributed by atoms with Crippen molar-refractivity contribution in [1.29, 1.82) is 0 Å². The van der Waals surface area contributed by atoms with E-state index in [4.69, 9.17) is 4.74 Å². The molecule has 0 radical (unpaired) electrons. The van der Waals surface area contributed by atoms with E-state index >= 15 is 0 Å². The summed E-state index contributed by atoms with van der Waals surface area (Å²) in [7, 11) is 0. The molecule has 0 bridgehead atoms. The molecule has 0 saturated carbocycles. The summed E-state index contributed by atoms with van der Waals surface area (Å²) in [6.45, 7) is 3.09. The zero-order chi connectivity index (χ0) is 10.5. The average molecular weight is 202 g/mol. The molecule has 0 aliphatic carbocycles. The molecule has 0 spiro atoms. The lowest BCUT2D eigenvalue weighted by molar-refractivity contribution is 0.235. The van der Waals surface area contributed by atoms with Crippen molar-refractivity contribution in [2.24, 2.45) is 0 Å². The molecule has 1 aromatic rings. The molecule has 0 N–H and O–H groups in total. The van der Waals surface area contributed by atoms with Gasteiger partial charge in [0.25, 0.3) is 0 Å². The molecule has 0 saturated heterocycles. The Morgan fingerprint density at radius 1 is 1.20 bits per heavy atom. The third-order valence-electron chi connectivity index (χ3n) is 2.80.